The highest BCUT2D eigenvalue weighted by molar-refractivity contribution is 5.78. The fourth-order valence-electron chi connectivity index (χ4n) is 3.80. The van der Waals surface area contributed by atoms with Crippen molar-refractivity contribution in [3.05, 3.63) is 83.3 Å². The van der Waals surface area contributed by atoms with Gasteiger partial charge >= 0.3 is 0 Å². The number of aromatic nitrogens is 1. The van der Waals surface area contributed by atoms with E-state index in [9.17, 15) is 9.18 Å². The molecule has 0 unspecified atom stereocenters. The monoisotopic (exact) mass is 408 g/mol. The summed E-state index contributed by atoms with van der Waals surface area (Å²) in [4.78, 5) is 18.9. The van der Waals surface area contributed by atoms with Crippen LogP contribution in [0.4, 0.5) is 4.39 Å². The summed E-state index contributed by atoms with van der Waals surface area (Å²) in [5, 5.41) is 0. The van der Waals surface area contributed by atoms with Crippen LogP contribution < -0.4 is 4.74 Å². The number of rotatable bonds is 6. The van der Waals surface area contributed by atoms with Gasteiger partial charge < -0.3 is 14.1 Å². The molecule has 30 heavy (non-hydrogen) atoms. The number of oxazole rings is 1. The van der Waals surface area contributed by atoms with Crippen molar-refractivity contribution in [2.45, 2.75) is 32.1 Å². The largest absolute Gasteiger partial charge is 0.484 e. The number of nitrogens with zero attached hydrogens (tertiary/aromatic N) is 2. The minimum absolute atomic E-state index is 0.0218. The summed E-state index contributed by atoms with van der Waals surface area (Å²) in [5.41, 5.74) is 1.85. The predicted octanol–water partition coefficient (Wildman–Crippen LogP) is 4.50. The summed E-state index contributed by atoms with van der Waals surface area (Å²) >= 11 is 0. The number of hydrogen-bond donors (Lipinski definition) is 0. The van der Waals surface area contributed by atoms with Crippen molar-refractivity contribution in [3.63, 3.8) is 0 Å². The lowest BCUT2D eigenvalue weighted by atomic mass is 9.98. The Morgan fingerprint density at radius 2 is 2.13 bits per heavy atom. The molecule has 6 heteroatoms. The molecule has 1 aromatic heterocycles. The van der Waals surface area contributed by atoms with Gasteiger partial charge in [-0.1, -0.05) is 30.3 Å². The van der Waals surface area contributed by atoms with Crippen LogP contribution in [-0.2, 0) is 11.2 Å². The number of halogens is 1. The zero-order chi connectivity index (χ0) is 20.9. The Labute approximate surface area is 175 Å². The SMILES string of the molecule is Cc1ccccc1OCC(=O)N1CCC[C@H](c2ncc(Cc3cccc(F)c3)o2)C1. The quantitative estimate of drug-likeness (QED) is 0.603. The Bertz CT molecular complexity index is 1020. The molecule has 156 valence electrons. The predicted molar refractivity (Wildman–Crippen MR) is 111 cm³/mol. The summed E-state index contributed by atoms with van der Waals surface area (Å²) in [6.45, 7) is 3.26. The Morgan fingerprint density at radius 3 is 2.97 bits per heavy atom. The summed E-state index contributed by atoms with van der Waals surface area (Å²) in [6, 6.07) is 14.1. The van der Waals surface area contributed by atoms with Crippen molar-refractivity contribution in [1.29, 1.82) is 0 Å². The van der Waals surface area contributed by atoms with E-state index in [2.05, 4.69) is 4.98 Å². The van der Waals surface area contributed by atoms with Crippen LogP contribution in [-0.4, -0.2) is 35.5 Å². The molecule has 1 saturated heterocycles. The van der Waals surface area contributed by atoms with E-state index < -0.39 is 0 Å². The maximum atomic E-state index is 13.4. The minimum atomic E-state index is -0.262. The van der Waals surface area contributed by atoms with Gasteiger partial charge in [0.1, 0.15) is 17.3 Å². The maximum Gasteiger partial charge on any atom is 0.260 e. The average molecular weight is 408 g/mol. The first-order valence-corrected chi connectivity index (χ1v) is 10.2. The van der Waals surface area contributed by atoms with E-state index in [1.165, 1.54) is 12.1 Å². The first kappa shape index (κ1) is 20.1. The Kier molecular flexibility index (Phi) is 6.12. The van der Waals surface area contributed by atoms with Gasteiger partial charge in [-0.3, -0.25) is 4.79 Å². The summed E-state index contributed by atoms with van der Waals surface area (Å²) in [6.07, 6.45) is 4.00. The molecular weight excluding hydrogens is 383 g/mol. The van der Waals surface area contributed by atoms with E-state index in [4.69, 9.17) is 9.15 Å². The number of carbonyl (C=O) groups excluding carboxylic acids is 1. The van der Waals surface area contributed by atoms with Gasteiger partial charge in [0.2, 0.25) is 0 Å². The molecule has 2 aromatic carbocycles. The molecule has 0 spiro atoms. The number of benzene rings is 2. The molecule has 1 atom stereocenters. The molecule has 0 bridgehead atoms. The first-order valence-electron chi connectivity index (χ1n) is 10.2. The molecule has 0 radical (unpaired) electrons. The summed E-state index contributed by atoms with van der Waals surface area (Å²) in [5.74, 6) is 1.83. The molecule has 1 aliphatic rings. The highest BCUT2D eigenvalue weighted by Crippen LogP contribution is 2.27. The Balaban J connectivity index is 1.35. The van der Waals surface area contributed by atoms with E-state index in [1.807, 2.05) is 42.2 Å². The fourth-order valence-corrected chi connectivity index (χ4v) is 3.80. The number of aryl methyl sites for hydroxylation is 1. The normalized spacial score (nSPS) is 16.5. The second-order valence-electron chi connectivity index (χ2n) is 7.70. The molecule has 0 N–H and O–H groups in total. The molecule has 0 aliphatic carbocycles. The number of likely N-dealkylation sites (tertiary alicyclic amines) is 1. The highest BCUT2D eigenvalue weighted by atomic mass is 19.1. The number of piperidine rings is 1. The first-order chi connectivity index (χ1) is 14.6. The van der Waals surface area contributed by atoms with Crippen molar-refractivity contribution in [2.75, 3.05) is 19.7 Å². The Morgan fingerprint density at radius 1 is 1.27 bits per heavy atom. The van der Waals surface area contributed by atoms with Gasteiger partial charge in [-0.05, 0) is 49.1 Å². The van der Waals surface area contributed by atoms with Crippen LogP contribution in [0.25, 0.3) is 0 Å². The molecule has 3 aromatic rings. The fraction of sp³-hybridized carbons (Fsp3) is 0.333. The van der Waals surface area contributed by atoms with Crippen molar-refractivity contribution in [2.24, 2.45) is 0 Å². The molecule has 4 rings (SSSR count). The topological polar surface area (TPSA) is 55.6 Å². The van der Waals surface area contributed by atoms with Gasteiger partial charge in [0.05, 0.1) is 12.1 Å². The highest BCUT2D eigenvalue weighted by Gasteiger charge is 2.28. The van der Waals surface area contributed by atoms with E-state index in [1.54, 1.807) is 12.3 Å². The van der Waals surface area contributed by atoms with Crippen molar-refractivity contribution in [3.8, 4) is 5.75 Å². The van der Waals surface area contributed by atoms with Crippen LogP contribution in [0.2, 0.25) is 0 Å². The number of amides is 1. The van der Waals surface area contributed by atoms with Crippen LogP contribution in [0.3, 0.4) is 0 Å². The lowest BCUT2D eigenvalue weighted by Gasteiger charge is -2.31. The van der Waals surface area contributed by atoms with Gasteiger partial charge in [0.25, 0.3) is 5.91 Å². The van der Waals surface area contributed by atoms with Crippen molar-refractivity contribution < 1.29 is 18.3 Å². The second kappa shape index (κ2) is 9.11. The van der Waals surface area contributed by atoms with Gasteiger partial charge in [-0.15, -0.1) is 0 Å². The lowest BCUT2D eigenvalue weighted by Crippen LogP contribution is -2.41. The zero-order valence-corrected chi connectivity index (χ0v) is 17.0. The van der Waals surface area contributed by atoms with Crippen LogP contribution in [0.1, 0.15) is 41.5 Å². The molecule has 1 amide bonds. The third-order valence-electron chi connectivity index (χ3n) is 5.41. The average Bonchev–Trinajstić information content (AvgIpc) is 3.21. The van der Waals surface area contributed by atoms with Gasteiger partial charge in [-0.25, -0.2) is 9.37 Å². The number of ether oxygens (including phenoxy) is 1. The molecular formula is C24H25FN2O3. The molecule has 2 heterocycles. The van der Waals surface area contributed by atoms with Crippen LogP contribution in [0.5, 0.6) is 5.75 Å². The smallest absolute Gasteiger partial charge is 0.260 e. The molecule has 5 nitrogen and oxygen atoms in total. The van der Waals surface area contributed by atoms with E-state index in [0.29, 0.717) is 31.2 Å². The summed E-state index contributed by atoms with van der Waals surface area (Å²) < 4.78 is 25.0. The van der Waals surface area contributed by atoms with Gasteiger partial charge in [0.15, 0.2) is 12.5 Å². The third kappa shape index (κ3) is 4.87. The maximum absolute atomic E-state index is 13.4. The molecule has 0 saturated carbocycles. The van der Waals surface area contributed by atoms with Crippen molar-refractivity contribution >= 4 is 5.91 Å². The van der Waals surface area contributed by atoms with E-state index in [0.717, 1.165) is 29.7 Å². The zero-order valence-electron chi connectivity index (χ0n) is 17.0. The lowest BCUT2D eigenvalue weighted by molar-refractivity contribution is -0.134. The van der Waals surface area contributed by atoms with Crippen LogP contribution >= 0.6 is 0 Å². The van der Waals surface area contributed by atoms with Crippen LogP contribution in [0.15, 0.2) is 59.1 Å². The minimum Gasteiger partial charge on any atom is -0.484 e. The van der Waals surface area contributed by atoms with Crippen LogP contribution in [0, 0.1) is 12.7 Å². The van der Waals surface area contributed by atoms with E-state index in [-0.39, 0.29) is 24.2 Å². The summed E-state index contributed by atoms with van der Waals surface area (Å²) in [7, 11) is 0. The standard InChI is InChI=1S/C24H25FN2O3/c1-17-6-2-3-10-22(17)29-16-23(28)27-11-5-8-19(15-27)24-26-14-21(30-24)13-18-7-4-9-20(25)12-18/h2-4,6-7,9-10,12,14,19H,5,8,11,13,15-16H2,1H3/t19-/m0/s1. The Hall–Kier alpha value is -3.15. The van der Waals surface area contributed by atoms with Crippen molar-refractivity contribution in [1.82, 2.24) is 9.88 Å². The molecule has 1 aliphatic heterocycles. The molecule has 1 fully saturated rings. The number of hydrogen-bond acceptors (Lipinski definition) is 4. The van der Waals surface area contributed by atoms with E-state index >= 15 is 0 Å². The van der Waals surface area contributed by atoms with Gasteiger partial charge in [0, 0.05) is 19.5 Å². The third-order valence-corrected chi connectivity index (χ3v) is 5.41. The number of carbonyl (C=O) groups is 1. The second-order valence-corrected chi connectivity index (χ2v) is 7.70. The van der Waals surface area contributed by atoms with Gasteiger partial charge in [-0.2, -0.15) is 0 Å². The number of para-hydroxylation sites is 1.